The van der Waals surface area contributed by atoms with Crippen molar-refractivity contribution in [1.29, 1.82) is 0 Å². The van der Waals surface area contributed by atoms with Gasteiger partial charge in [-0.2, -0.15) is 0 Å². The van der Waals surface area contributed by atoms with E-state index in [0.717, 1.165) is 132 Å². The lowest BCUT2D eigenvalue weighted by Gasteiger charge is -2.28. The van der Waals surface area contributed by atoms with Gasteiger partial charge in [0.1, 0.15) is 11.4 Å². The van der Waals surface area contributed by atoms with Gasteiger partial charge in [0.2, 0.25) is 0 Å². The van der Waals surface area contributed by atoms with Gasteiger partial charge in [-0.25, -0.2) is 9.97 Å². The van der Waals surface area contributed by atoms with Crippen molar-refractivity contribution in [2.45, 2.75) is 20.8 Å². The first-order chi connectivity index (χ1) is 27.0. The van der Waals surface area contributed by atoms with E-state index in [9.17, 15) is 0 Å². The predicted molar refractivity (Wildman–Crippen MR) is 216 cm³/mol. The smallest absolute Gasteiger partial charge is 0.156 e. The molecule has 6 aromatic rings. The molecule has 0 bridgehead atoms. The van der Waals surface area contributed by atoms with Crippen molar-refractivity contribution in [3.8, 4) is 45.3 Å². The topological polar surface area (TPSA) is 143 Å². The third-order valence-electron chi connectivity index (χ3n) is 9.40. The van der Waals surface area contributed by atoms with Crippen LogP contribution in [0.1, 0.15) is 29.7 Å². The van der Waals surface area contributed by atoms with E-state index in [1.54, 1.807) is 19.6 Å². The molecule has 8 rings (SSSR count). The van der Waals surface area contributed by atoms with Gasteiger partial charge in [0, 0.05) is 79.6 Å². The van der Waals surface area contributed by atoms with E-state index in [-0.39, 0.29) is 0 Å². The van der Waals surface area contributed by atoms with Crippen LogP contribution in [0, 0.1) is 13.8 Å². The summed E-state index contributed by atoms with van der Waals surface area (Å²) in [5.41, 5.74) is 11.9. The molecular weight excluding hydrogens is 693 g/mol. The monoisotopic (exact) mass is 738 g/mol. The molecule has 0 aliphatic carbocycles. The highest BCUT2D eigenvalue weighted by Gasteiger charge is 2.16. The van der Waals surface area contributed by atoms with E-state index < -0.39 is 0 Å². The largest absolute Gasteiger partial charge is 0.504 e. The maximum absolute atomic E-state index is 5.44. The second-order valence-electron chi connectivity index (χ2n) is 13.2. The van der Waals surface area contributed by atoms with Crippen LogP contribution >= 0.6 is 0 Å². The number of morpholine rings is 2. The molecule has 0 spiro atoms. The van der Waals surface area contributed by atoms with Crippen molar-refractivity contribution >= 4 is 23.5 Å². The average Bonchev–Trinajstić information content (AvgIpc) is 3.82. The Morgan fingerprint density at radius 2 is 1.11 bits per heavy atom. The fraction of sp³-hybridized carbons (Fsp3) is 0.286. The third-order valence-corrected chi connectivity index (χ3v) is 9.40. The number of ether oxygens (including phenoxy) is 3. The Morgan fingerprint density at radius 1 is 0.636 bits per heavy atom. The highest BCUT2D eigenvalue weighted by Crippen LogP contribution is 2.29. The number of imidazole rings is 2. The first-order valence-electron chi connectivity index (χ1n) is 18.4. The summed E-state index contributed by atoms with van der Waals surface area (Å²) in [4.78, 5) is 38.4. The van der Waals surface area contributed by atoms with Crippen molar-refractivity contribution in [3.05, 3.63) is 109 Å². The lowest BCUT2D eigenvalue weighted by atomic mass is 10.1. The number of aromatic nitrogens is 8. The number of rotatable bonds is 9. The first-order valence-corrected chi connectivity index (χ1v) is 18.4. The minimum absolute atomic E-state index is 0.729. The zero-order chi connectivity index (χ0) is 38.0. The molecule has 2 aliphatic heterocycles. The number of aryl methyl sites for hydroxylation is 2. The predicted octanol–water partition coefficient (Wildman–Crippen LogP) is 7.01. The Balaban J connectivity index is 0.000000169. The van der Waals surface area contributed by atoms with Gasteiger partial charge in [-0.1, -0.05) is 6.08 Å². The SMILES string of the molecule is C/C=C/c1nc(-c2cc(-c3cncc(N4CCOCC4)c3)ccn2)[nH]c1C.CO/C=C\c1nc(-c2cc(-c3cncc(N4CCOCC4)c3)ccn2)[nH]c1C. The van der Waals surface area contributed by atoms with Crippen molar-refractivity contribution < 1.29 is 14.2 Å². The van der Waals surface area contributed by atoms with Crippen LogP contribution in [0.2, 0.25) is 0 Å². The highest BCUT2D eigenvalue weighted by atomic mass is 16.5. The number of nitrogens with one attached hydrogen (secondary N) is 2. The fourth-order valence-electron chi connectivity index (χ4n) is 6.44. The Kier molecular flexibility index (Phi) is 12.0. The number of hydrogen-bond acceptors (Lipinski definition) is 11. The van der Waals surface area contributed by atoms with Crippen molar-refractivity contribution in [1.82, 2.24) is 39.9 Å². The van der Waals surface area contributed by atoms with E-state index in [1.807, 2.05) is 88.2 Å². The zero-order valence-corrected chi connectivity index (χ0v) is 31.7. The Labute approximate surface area is 321 Å². The summed E-state index contributed by atoms with van der Waals surface area (Å²) < 4.78 is 15.9. The molecule has 0 amide bonds. The number of aromatic amines is 2. The number of allylic oxidation sites excluding steroid dienone is 1. The molecule has 2 saturated heterocycles. The van der Waals surface area contributed by atoms with Crippen LogP contribution < -0.4 is 9.80 Å². The molecule has 13 heteroatoms. The maximum Gasteiger partial charge on any atom is 0.156 e. The van der Waals surface area contributed by atoms with Crippen LogP contribution in [0.3, 0.4) is 0 Å². The average molecular weight is 739 g/mol. The molecular formula is C42H46N10O3. The van der Waals surface area contributed by atoms with Gasteiger partial charge >= 0.3 is 0 Å². The summed E-state index contributed by atoms with van der Waals surface area (Å²) in [6, 6.07) is 12.4. The normalized spacial score (nSPS) is 14.7. The molecule has 8 heterocycles. The summed E-state index contributed by atoms with van der Waals surface area (Å²) in [6.07, 6.45) is 18.6. The van der Waals surface area contributed by atoms with Gasteiger partial charge < -0.3 is 34.0 Å². The van der Waals surface area contributed by atoms with Crippen LogP contribution in [0.5, 0.6) is 0 Å². The molecule has 2 fully saturated rings. The number of anilines is 2. The number of methoxy groups -OCH3 is 1. The quantitative estimate of drug-likeness (QED) is 0.148. The van der Waals surface area contributed by atoms with Gasteiger partial charge in [0.15, 0.2) is 11.6 Å². The van der Waals surface area contributed by atoms with Crippen LogP contribution in [0.25, 0.3) is 57.4 Å². The van der Waals surface area contributed by atoms with E-state index in [2.05, 4.69) is 67.9 Å². The molecule has 282 valence electrons. The fourth-order valence-corrected chi connectivity index (χ4v) is 6.44. The van der Waals surface area contributed by atoms with Gasteiger partial charge in [-0.15, -0.1) is 0 Å². The van der Waals surface area contributed by atoms with Crippen LogP contribution in [0.4, 0.5) is 11.4 Å². The standard InChI is InChI=1S/C21H23N5O2.C21H23N5O/c1-15-19(4-8-27-2)25-21(24-15)20-12-16(3-5-23-20)17-11-18(14-22-13-17)26-6-9-28-10-7-26;1-3-4-19-15(2)24-21(25-19)20-12-16(5-6-23-20)17-11-18(14-22-13-17)26-7-9-27-10-8-26/h3-5,8,11-14H,6-7,9-10H2,1-2H3,(H,24,25);3-6,11-14H,7-10H2,1-2H3,(H,24,25)/b8-4-;4-3+. The van der Waals surface area contributed by atoms with E-state index in [0.29, 0.717) is 0 Å². The maximum atomic E-state index is 5.44. The lowest BCUT2D eigenvalue weighted by Crippen LogP contribution is -2.36. The minimum Gasteiger partial charge on any atom is -0.504 e. The molecule has 0 saturated carbocycles. The van der Waals surface area contributed by atoms with Gasteiger partial charge in [0.05, 0.1) is 75.0 Å². The molecule has 0 radical (unpaired) electrons. The third kappa shape index (κ3) is 9.14. The second-order valence-corrected chi connectivity index (χ2v) is 13.2. The summed E-state index contributed by atoms with van der Waals surface area (Å²) in [5, 5.41) is 0. The molecule has 0 unspecified atom stereocenters. The molecule has 2 N–H and O–H groups in total. The lowest BCUT2D eigenvalue weighted by molar-refractivity contribution is 0.122. The van der Waals surface area contributed by atoms with Gasteiger partial charge in [0.25, 0.3) is 0 Å². The van der Waals surface area contributed by atoms with Crippen molar-refractivity contribution in [2.75, 3.05) is 69.5 Å². The Bertz CT molecular complexity index is 2250. The van der Waals surface area contributed by atoms with Crippen LogP contribution in [-0.4, -0.2) is 99.6 Å². The van der Waals surface area contributed by atoms with Gasteiger partial charge in [-0.05, 0) is 74.4 Å². The zero-order valence-electron chi connectivity index (χ0n) is 31.7. The summed E-state index contributed by atoms with van der Waals surface area (Å²) in [7, 11) is 1.61. The molecule has 0 aromatic carbocycles. The molecule has 0 atom stereocenters. The number of nitrogens with zero attached hydrogens (tertiary/aromatic N) is 8. The Hall–Kier alpha value is -6.18. The van der Waals surface area contributed by atoms with E-state index in [4.69, 9.17) is 14.2 Å². The summed E-state index contributed by atoms with van der Waals surface area (Å²) >= 11 is 0. The molecule has 55 heavy (non-hydrogen) atoms. The highest BCUT2D eigenvalue weighted by molar-refractivity contribution is 5.72. The van der Waals surface area contributed by atoms with Crippen molar-refractivity contribution in [3.63, 3.8) is 0 Å². The van der Waals surface area contributed by atoms with Crippen molar-refractivity contribution in [2.24, 2.45) is 0 Å². The first kappa shape index (κ1) is 37.1. The Morgan fingerprint density at radius 3 is 1.56 bits per heavy atom. The second kappa shape index (κ2) is 17.8. The number of pyridine rings is 4. The van der Waals surface area contributed by atoms with E-state index in [1.165, 1.54) is 0 Å². The van der Waals surface area contributed by atoms with Gasteiger partial charge in [-0.3, -0.25) is 19.9 Å². The number of H-pyrrole nitrogens is 2. The molecule has 2 aliphatic rings. The molecule has 6 aromatic heterocycles. The van der Waals surface area contributed by atoms with E-state index >= 15 is 0 Å². The van der Waals surface area contributed by atoms with Crippen LogP contribution in [-0.2, 0) is 14.2 Å². The molecule has 13 nitrogen and oxygen atoms in total. The number of hydrogen-bond donors (Lipinski definition) is 2. The summed E-state index contributed by atoms with van der Waals surface area (Å²) in [5.74, 6) is 1.51. The van der Waals surface area contributed by atoms with Crippen LogP contribution in [0.15, 0.2) is 85.9 Å². The summed E-state index contributed by atoms with van der Waals surface area (Å²) in [6.45, 7) is 12.6. The minimum atomic E-state index is 0.729.